The molecule has 0 unspecified atom stereocenters. The zero-order valence-corrected chi connectivity index (χ0v) is 9.27. The molecule has 0 aliphatic carbocycles. The van der Waals surface area contributed by atoms with Crippen molar-refractivity contribution in [2.24, 2.45) is 0 Å². The van der Waals surface area contributed by atoms with Gasteiger partial charge < -0.3 is 5.11 Å². The molecule has 0 aromatic heterocycles. The lowest BCUT2D eigenvalue weighted by atomic mass is 10.3. The Morgan fingerprint density at radius 1 is 1.46 bits per heavy atom. The maximum atomic E-state index is 10.4. The number of hydrogen-bond donors (Lipinski definition) is 1. The molecule has 0 atom stereocenters. The second-order valence-corrected chi connectivity index (χ2v) is 3.95. The normalized spacial score (nSPS) is 10.7. The standard InChI is InChI=1S/C9H19NO2S/c1-3-10(8-9(11)12)6-4-5-7-13-2/h3-8H2,1-2H3,(H,11,12). The molecule has 0 bridgehead atoms. The number of thioether (sulfide) groups is 1. The number of carboxylic acid groups (broad SMARTS) is 1. The summed E-state index contributed by atoms with van der Waals surface area (Å²) in [5.74, 6) is 0.441. The Morgan fingerprint density at radius 2 is 2.15 bits per heavy atom. The van der Waals surface area contributed by atoms with Crippen molar-refractivity contribution in [1.82, 2.24) is 4.90 Å². The van der Waals surface area contributed by atoms with Gasteiger partial charge in [-0.3, -0.25) is 9.69 Å². The lowest BCUT2D eigenvalue weighted by Gasteiger charge is -2.17. The summed E-state index contributed by atoms with van der Waals surface area (Å²) in [6, 6.07) is 0. The average Bonchev–Trinajstić information content (AvgIpc) is 2.09. The molecule has 0 saturated heterocycles. The SMILES string of the molecule is CCN(CCCCSC)CC(=O)O. The van der Waals surface area contributed by atoms with E-state index >= 15 is 0 Å². The number of likely N-dealkylation sites (N-methyl/N-ethyl adjacent to an activating group) is 1. The van der Waals surface area contributed by atoms with Crippen LogP contribution in [0, 0.1) is 0 Å². The zero-order chi connectivity index (χ0) is 10.1. The summed E-state index contributed by atoms with van der Waals surface area (Å²) >= 11 is 1.84. The highest BCUT2D eigenvalue weighted by atomic mass is 32.2. The van der Waals surface area contributed by atoms with Gasteiger partial charge in [0, 0.05) is 0 Å². The van der Waals surface area contributed by atoms with Gasteiger partial charge in [0.15, 0.2) is 0 Å². The molecule has 0 aromatic rings. The molecule has 0 radical (unpaired) electrons. The minimum atomic E-state index is -0.730. The lowest BCUT2D eigenvalue weighted by molar-refractivity contribution is -0.138. The third-order valence-electron chi connectivity index (χ3n) is 1.88. The number of rotatable bonds is 8. The highest BCUT2D eigenvalue weighted by molar-refractivity contribution is 7.98. The molecule has 0 aliphatic rings. The summed E-state index contributed by atoms with van der Waals surface area (Å²) in [7, 11) is 0. The number of carboxylic acids is 1. The van der Waals surface area contributed by atoms with Gasteiger partial charge in [0.05, 0.1) is 6.54 Å². The van der Waals surface area contributed by atoms with E-state index in [0.29, 0.717) is 0 Å². The number of carbonyl (C=O) groups is 1. The first-order valence-corrected chi connectivity index (χ1v) is 6.03. The second-order valence-electron chi connectivity index (χ2n) is 2.96. The van der Waals surface area contributed by atoms with Crippen molar-refractivity contribution >= 4 is 17.7 Å². The van der Waals surface area contributed by atoms with Crippen molar-refractivity contribution in [3.05, 3.63) is 0 Å². The van der Waals surface area contributed by atoms with Gasteiger partial charge in [-0.05, 0) is 37.9 Å². The van der Waals surface area contributed by atoms with Gasteiger partial charge in [-0.25, -0.2) is 0 Å². The Hall–Kier alpha value is -0.220. The monoisotopic (exact) mass is 205 g/mol. The van der Waals surface area contributed by atoms with E-state index in [-0.39, 0.29) is 6.54 Å². The summed E-state index contributed by atoms with van der Waals surface area (Å²) in [5.41, 5.74) is 0. The number of hydrogen-bond acceptors (Lipinski definition) is 3. The number of aliphatic carboxylic acids is 1. The molecule has 0 aromatic carbocycles. The van der Waals surface area contributed by atoms with Crippen LogP contribution in [0.5, 0.6) is 0 Å². The van der Waals surface area contributed by atoms with Crippen molar-refractivity contribution < 1.29 is 9.90 Å². The minimum absolute atomic E-state index is 0.176. The summed E-state index contributed by atoms with van der Waals surface area (Å²) in [4.78, 5) is 12.4. The first-order chi connectivity index (χ1) is 6.20. The molecule has 1 N–H and O–H groups in total. The molecule has 78 valence electrons. The average molecular weight is 205 g/mol. The predicted molar refractivity (Wildman–Crippen MR) is 57.4 cm³/mol. The Bertz CT molecular complexity index is 142. The van der Waals surface area contributed by atoms with Crippen LogP contribution in [0.2, 0.25) is 0 Å². The smallest absolute Gasteiger partial charge is 0.317 e. The fourth-order valence-electron chi connectivity index (χ4n) is 1.12. The van der Waals surface area contributed by atoms with Crippen LogP contribution in [0.3, 0.4) is 0 Å². The van der Waals surface area contributed by atoms with Crippen LogP contribution in [0.25, 0.3) is 0 Å². The van der Waals surface area contributed by atoms with Crippen molar-refractivity contribution in [3.63, 3.8) is 0 Å². The van der Waals surface area contributed by atoms with Crippen molar-refractivity contribution in [2.75, 3.05) is 31.6 Å². The highest BCUT2D eigenvalue weighted by Crippen LogP contribution is 2.01. The van der Waals surface area contributed by atoms with E-state index in [4.69, 9.17) is 5.11 Å². The van der Waals surface area contributed by atoms with Gasteiger partial charge in [0.1, 0.15) is 0 Å². The predicted octanol–water partition coefficient (Wildman–Crippen LogP) is 1.54. The van der Waals surface area contributed by atoms with Crippen LogP contribution in [-0.2, 0) is 4.79 Å². The second kappa shape index (κ2) is 8.38. The maximum absolute atomic E-state index is 10.4. The van der Waals surface area contributed by atoms with Gasteiger partial charge in [-0.15, -0.1) is 0 Å². The fraction of sp³-hybridized carbons (Fsp3) is 0.889. The van der Waals surface area contributed by atoms with Crippen molar-refractivity contribution in [2.45, 2.75) is 19.8 Å². The molecule has 4 heteroatoms. The Balaban J connectivity index is 3.42. The van der Waals surface area contributed by atoms with E-state index < -0.39 is 5.97 Å². The van der Waals surface area contributed by atoms with Crippen LogP contribution in [0.1, 0.15) is 19.8 Å². The topological polar surface area (TPSA) is 40.5 Å². The Morgan fingerprint density at radius 3 is 2.62 bits per heavy atom. The molecule has 13 heavy (non-hydrogen) atoms. The van der Waals surface area contributed by atoms with Crippen LogP contribution in [0.15, 0.2) is 0 Å². The fourth-order valence-corrected chi connectivity index (χ4v) is 1.61. The largest absolute Gasteiger partial charge is 0.480 e. The molecule has 0 saturated carbocycles. The molecule has 3 nitrogen and oxygen atoms in total. The first kappa shape index (κ1) is 12.8. The maximum Gasteiger partial charge on any atom is 0.317 e. The third kappa shape index (κ3) is 8.12. The van der Waals surface area contributed by atoms with E-state index in [1.807, 2.05) is 23.6 Å². The summed E-state index contributed by atoms with van der Waals surface area (Å²) in [6.45, 7) is 3.90. The summed E-state index contributed by atoms with van der Waals surface area (Å²) < 4.78 is 0. The molecule has 0 heterocycles. The van der Waals surface area contributed by atoms with Gasteiger partial charge in [-0.1, -0.05) is 6.92 Å². The number of unbranched alkanes of at least 4 members (excludes halogenated alkanes) is 1. The van der Waals surface area contributed by atoms with E-state index in [1.54, 1.807) is 0 Å². The lowest BCUT2D eigenvalue weighted by Crippen LogP contribution is -2.30. The van der Waals surface area contributed by atoms with E-state index in [9.17, 15) is 4.79 Å². The minimum Gasteiger partial charge on any atom is -0.480 e. The number of nitrogens with zero attached hydrogens (tertiary/aromatic N) is 1. The van der Waals surface area contributed by atoms with Crippen molar-refractivity contribution in [3.8, 4) is 0 Å². The van der Waals surface area contributed by atoms with E-state index in [2.05, 4.69) is 6.26 Å². The van der Waals surface area contributed by atoms with E-state index in [1.165, 1.54) is 12.2 Å². The Kier molecular flexibility index (Phi) is 8.24. The molecule has 0 aliphatic heterocycles. The van der Waals surface area contributed by atoms with Gasteiger partial charge in [0.2, 0.25) is 0 Å². The molecular weight excluding hydrogens is 186 g/mol. The molecule has 0 amide bonds. The van der Waals surface area contributed by atoms with Crippen molar-refractivity contribution in [1.29, 1.82) is 0 Å². The van der Waals surface area contributed by atoms with Crippen LogP contribution >= 0.6 is 11.8 Å². The van der Waals surface area contributed by atoms with E-state index in [0.717, 1.165) is 19.5 Å². The van der Waals surface area contributed by atoms with Crippen LogP contribution < -0.4 is 0 Å². The quantitative estimate of drug-likeness (QED) is 0.610. The van der Waals surface area contributed by atoms with Crippen LogP contribution in [-0.4, -0.2) is 47.6 Å². The zero-order valence-electron chi connectivity index (χ0n) is 8.45. The van der Waals surface area contributed by atoms with Gasteiger partial charge >= 0.3 is 5.97 Å². The molecule has 0 fully saturated rings. The molecule has 0 rings (SSSR count). The molecular formula is C9H19NO2S. The van der Waals surface area contributed by atoms with Crippen LogP contribution in [0.4, 0.5) is 0 Å². The first-order valence-electron chi connectivity index (χ1n) is 4.63. The highest BCUT2D eigenvalue weighted by Gasteiger charge is 2.05. The van der Waals surface area contributed by atoms with Gasteiger partial charge in [0.25, 0.3) is 0 Å². The summed E-state index contributed by atoms with van der Waals surface area (Å²) in [6.07, 6.45) is 4.37. The Labute approximate surface area is 84.5 Å². The van der Waals surface area contributed by atoms with Gasteiger partial charge in [-0.2, -0.15) is 11.8 Å². The summed E-state index contributed by atoms with van der Waals surface area (Å²) in [5, 5.41) is 8.57. The molecule has 0 spiro atoms. The third-order valence-corrected chi connectivity index (χ3v) is 2.58.